The molecular formula is C26H29N3O5S. The number of urea groups is 1. The summed E-state index contributed by atoms with van der Waals surface area (Å²) in [5.41, 5.74) is 4.13. The van der Waals surface area contributed by atoms with Crippen LogP contribution in [0.1, 0.15) is 35.2 Å². The highest BCUT2D eigenvalue weighted by atomic mass is 32.2. The number of hydrogen-bond donors (Lipinski definition) is 2. The van der Waals surface area contributed by atoms with Gasteiger partial charge in [-0.05, 0) is 48.4 Å². The van der Waals surface area contributed by atoms with E-state index in [1.165, 1.54) is 30.9 Å². The second kappa shape index (κ2) is 10.1. The molecule has 3 aromatic carbocycles. The molecule has 35 heavy (non-hydrogen) atoms. The Labute approximate surface area is 205 Å². The number of nitrogens with zero attached hydrogens (tertiary/aromatic N) is 2. The van der Waals surface area contributed by atoms with Gasteiger partial charge in [-0.3, -0.25) is 10.1 Å². The van der Waals surface area contributed by atoms with Crippen molar-refractivity contribution in [3.8, 4) is 5.75 Å². The van der Waals surface area contributed by atoms with E-state index in [1.807, 2.05) is 55.6 Å². The molecule has 0 aliphatic carbocycles. The maximum atomic E-state index is 13.2. The molecule has 0 spiro atoms. The van der Waals surface area contributed by atoms with Crippen LogP contribution in [0.4, 0.5) is 10.5 Å². The maximum absolute atomic E-state index is 13.2. The van der Waals surface area contributed by atoms with Crippen molar-refractivity contribution in [2.75, 3.05) is 19.5 Å². The van der Waals surface area contributed by atoms with Gasteiger partial charge in [0.25, 0.3) is 0 Å². The number of methoxy groups -OCH3 is 1. The molecule has 0 saturated carbocycles. The third-order valence-electron chi connectivity index (χ3n) is 6.11. The summed E-state index contributed by atoms with van der Waals surface area (Å²) >= 11 is 0. The van der Waals surface area contributed by atoms with Crippen molar-refractivity contribution in [1.82, 2.24) is 9.96 Å². The normalized spacial score (nSPS) is 14.3. The Morgan fingerprint density at radius 3 is 2.51 bits per heavy atom. The molecule has 1 unspecified atom stereocenters. The van der Waals surface area contributed by atoms with Crippen molar-refractivity contribution in [3.05, 3.63) is 89.0 Å². The van der Waals surface area contributed by atoms with Crippen molar-refractivity contribution in [2.45, 2.75) is 36.7 Å². The Hall–Kier alpha value is -3.40. The van der Waals surface area contributed by atoms with Gasteiger partial charge in [-0.1, -0.05) is 48.5 Å². The topological polar surface area (TPSA) is 99.2 Å². The van der Waals surface area contributed by atoms with E-state index < -0.39 is 21.9 Å². The minimum absolute atomic E-state index is 0.0362. The quantitative estimate of drug-likeness (QED) is 0.367. The molecule has 0 bridgehead atoms. The van der Waals surface area contributed by atoms with Crippen molar-refractivity contribution in [2.24, 2.45) is 0 Å². The Kier molecular flexibility index (Phi) is 7.11. The average molecular weight is 496 g/mol. The zero-order valence-electron chi connectivity index (χ0n) is 19.9. The van der Waals surface area contributed by atoms with Gasteiger partial charge in [0.05, 0.1) is 18.9 Å². The Balaban J connectivity index is 1.50. The first-order valence-corrected chi connectivity index (χ1v) is 12.9. The number of benzene rings is 3. The monoisotopic (exact) mass is 495 g/mol. The molecule has 1 aliphatic heterocycles. The number of carbonyl (C=O) groups excluding carboxylic acids is 1. The van der Waals surface area contributed by atoms with E-state index in [0.717, 1.165) is 24.2 Å². The van der Waals surface area contributed by atoms with E-state index in [2.05, 4.69) is 10.2 Å². The van der Waals surface area contributed by atoms with Gasteiger partial charge in [-0.25, -0.2) is 13.2 Å². The van der Waals surface area contributed by atoms with E-state index in [0.29, 0.717) is 16.3 Å². The van der Waals surface area contributed by atoms with Crippen molar-refractivity contribution in [1.29, 1.82) is 0 Å². The summed E-state index contributed by atoms with van der Waals surface area (Å²) in [6.45, 7) is 3.35. The van der Waals surface area contributed by atoms with Crippen LogP contribution in [0.25, 0.3) is 0 Å². The molecule has 0 saturated heterocycles. The molecule has 184 valence electrons. The van der Waals surface area contributed by atoms with Crippen LogP contribution in [0.3, 0.4) is 0 Å². The van der Waals surface area contributed by atoms with E-state index in [-0.39, 0.29) is 16.4 Å². The predicted molar refractivity (Wildman–Crippen MR) is 133 cm³/mol. The van der Waals surface area contributed by atoms with Gasteiger partial charge in [0, 0.05) is 24.8 Å². The number of amides is 2. The molecule has 0 radical (unpaired) electrons. The first-order chi connectivity index (χ1) is 16.7. The lowest BCUT2D eigenvalue weighted by molar-refractivity contribution is -0.0690. The van der Waals surface area contributed by atoms with Crippen molar-refractivity contribution >= 4 is 21.6 Å². The van der Waals surface area contributed by atoms with Crippen LogP contribution in [0.15, 0.2) is 71.6 Å². The van der Waals surface area contributed by atoms with Gasteiger partial charge >= 0.3 is 6.03 Å². The van der Waals surface area contributed by atoms with Gasteiger partial charge in [-0.15, -0.1) is 0 Å². The highest BCUT2D eigenvalue weighted by Gasteiger charge is 2.24. The number of fused-ring (bicyclic) bond motifs is 1. The van der Waals surface area contributed by atoms with Gasteiger partial charge in [0.1, 0.15) is 10.6 Å². The Morgan fingerprint density at radius 1 is 1.09 bits per heavy atom. The highest BCUT2D eigenvalue weighted by molar-refractivity contribution is 7.90. The number of rotatable bonds is 7. The second-order valence-corrected chi connectivity index (χ2v) is 10.7. The molecule has 8 nitrogen and oxygen atoms in total. The third kappa shape index (κ3) is 5.48. The summed E-state index contributed by atoms with van der Waals surface area (Å²) in [6.07, 6.45) is 0. The van der Waals surface area contributed by atoms with Crippen molar-refractivity contribution < 1.29 is 23.2 Å². The fourth-order valence-electron chi connectivity index (χ4n) is 4.24. The summed E-state index contributed by atoms with van der Waals surface area (Å²) in [5.74, 6) is -0.0466. The molecule has 0 aromatic heterocycles. The van der Waals surface area contributed by atoms with Gasteiger partial charge in [0.15, 0.2) is 9.84 Å². The summed E-state index contributed by atoms with van der Waals surface area (Å²) in [5, 5.41) is 13.5. The van der Waals surface area contributed by atoms with Crippen LogP contribution in [0.5, 0.6) is 5.75 Å². The molecule has 2 amide bonds. The first-order valence-electron chi connectivity index (χ1n) is 11.2. The van der Waals surface area contributed by atoms with Crippen LogP contribution in [-0.4, -0.2) is 43.8 Å². The summed E-state index contributed by atoms with van der Waals surface area (Å²) in [4.78, 5) is 14.8. The molecule has 4 rings (SSSR count). The van der Waals surface area contributed by atoms with Gasteiger partial charge in [-0.2, -0.15) is 5.06 Å². The molecule has 1 heterocycles. The molecule has 1 atom stereocenters. The lowest BCUT2D eigenvalue weighted by Crippen LogP contribution is -2.34. The number of sulfone groups is 1. The number of nitrogens with one attached hydrogen (secondary N) is 1. The molecule has 3 aromatic rings. The van der Waals surface area contributed by atoms with E-state index in [9.17, 15) is 18.4 Å². The first kappa shape index (κ1) is 24.7. The lowest BCUT2D eigenvalue weighted by atomic mass is 10.1. The van der Waals surface area contributed by atoms with Crippen LogP contribution in [0.2, 0.25) is 0 Å². The molecule has 0 fully saturated rings. The Bertz CT molecular complexity index is 1330. The predicted octanol–water partition coefficient (Wildman–Crippen LogP) is 4.60. The Morgan fingerprint density at radius 2 is 1.80 bits per heavy atom. The smallest absolute Gasteiger partial charge is 0.346 e. The fourth-order valence-corrected chi connectivity index (χ4v) is 5.73. The van der Waals surface area contributed by atoms with Crippen molar-refractivity contribution in [3.63, 3.8) is 0 Å². The largest absolute Gasteiger partial charge is 0.495 e. The minimum atomic E-state index is -3.71. The average Bonchev–Trinajstić information content (AvgIpc) is 3.22. The maximum Gasteiger partial charge on any atom is 0.346 e. The summed E-state index contributed by atoms with van der Waals surface area (Å²) in [6, 6.07) is 17.9. The number of ether oxygens (including phenoxy) is 1. The highest BCUT2D eigenvalue weighted by Crippen LogP contribution is 2.31. The third-order valence-corrected chi connectivity index (χ3v) is 7.84. The summed E-state index contributed by atoms with van der Waals surface area (Å²) < 4.78 is 31.8. The zero-order valence-corrected chi connectivity index (χ0v) is 20.7. The number of hydrogen-bond acceptors (Lipinski definition) is 6. The number of carbonyl (C=O) groups is 1. The molecule has 9 heteroatoms. The molecular weight excluding hydrogens is 466 g/mol. The number of anilines is 1. The molecule has 2 N–H and O–H groups in total. The second-order valence-electron chi connectivity index (χ2n) is 8.76. The van der Waals surface area contributed by atoms with Crippen LogP contribution in [-0.2, 0) is 28.7 Å². The van der Waals surface area contributed by atoms with Gasteiger partial charge < -0.3 is 10.1 Å². The minimum Gasteiger partial charge on any atom is -0.495 e. The fraction of sp³-hybridized carbons (Fsp3) is 0.269. The van der Waals surface area contributed by atoms with E-state index >= 15 is 0 Å². The molecule has 1 aliphatic rings. The number of hydroxylamine groups is 2. The van der Waals surface area contributed by atoms with Crippen LogP contribution in [0, 0.1) is 0 Å². The zero-order chi connectivity index (χ0) is 25.2. The van der Waals surface area contributed by atoms with E-state index in [4.69, 9.17) is 4.74 Å². The standard InChI is InChI=1S/C26H29N3O5S/c1-18(20-7-5-4-6-8-20)29(31)26(30)27-23-11-12-25(24(14-23)34-3)35(32,33)17-19-9-10-21-15-28(2)16-22(21)13-19/h4-14,18,31H,15-17H2,1-3H3,(H,27,30). The van der Waals surface area contributed by atoms with Crippen LogP contribution < -0.4 is 10.1 Å². The lowest BCUT2D eigenvalue weighted by Gasteiger charge is -2.23. The van der Waals surface area contributed by atoms with E-state index in [1.54, 1.807) is 6.92 Å². The summed E-state index contributed by atoms with van der Waals surface area (Å²) in [7, 11) is -0.305. The SMILES string of the molecule is COc1cc(NC(=O)N(O)C(C)c2ccccc2)ccc1S(=O)(=O)Cc1ccc2c(c1)CN(C)C2. The van der Waals surface area contributed by atoms with Crippen LogP contribution >= 0.6 is 0 Å². The van der Waals surface area contributed by atoms with Gasteiger partial charge in [0.2, 0.25) is 0 Å².